The molecule has 3 aromatic carbocycles. The molecular weight excluding hydrogens is 885 g/mol. The summed E-state index contributed by atoms with van der Waals surface area (Å²) < 4.78 is 100. The fourth-order valence-electron chi connectivity index (χ4n) is 9.21. The number of nitrogens with zero attached hydrogens (tertiary/aromatic N) is 5. The van der Waals surface area contributed by atoms with Gasteiger partial charge in [-0.2, -0.15) is 23.1 Å². The van der Waals surface area contributed by atoms with E-state index in [-0.39, 0.29) is 83.9 Å². The number of hydrogen-bond donors (Lipinski definition) is 2. The predicted octanol–water partition coefficient (Wildman–Crippen LogP) is 10.5. The Morgan fingerprint density at radius 3 is 2.17 bits per heavy atom. The summed E-state index contributed by atoms with van der Waals surface area (Å²) >= 11 is 6.91. The van der Waals surface area contributed by atoms with E-state index in [2.05, 4.69) is 30.5 Å². The van der Waals surface area contributed by atoms with Crippen molar-refractivity contribution in [2.75, 3.05) is 44.1 Å². The van der Waals surface area contributed by atoms with E-state index in [1.807, 2.05) is 24.3 Å². The second-order valence-electron chi connectivity index (χ2n) is 18.4. The Balaban J connectivity index is 1.21. The quantitative estimate of drug-likeness (QED) is 0.103. The van der Waals surface area contributed by atoms with Gasteiger partial charge in [0.05, 0.1) is 41.6 Å². The molecule has 0 bridgehead atoms. The molecule has 2 aliphatic heterocycles. The number of benzene rings is 3. The zero-order valence-electron chi connectivity index (χ0n) is 37.6. The van der Waals surface area contributed by atoms with Crippen LogP contribution in [0.25, 0.3) is 22.2 Å². The topological polar surface area (TPSA) is 123 Å². The lowest BCUT2D eigenvalue weighted by molar-refractivity contribution is -0.137. The fraction of sp³-hybridized carbons (Fsp3) is 0.458. The number of fused-ring (bicyclic) bond motifs is 2. The third kappa shape index (κ3) is 10.2. The van der Waals surface area contributed by atoms with Gasteiger partial charge in [0.25, 0.3) is 0 Å². The first kappa shape index (κ1) is 46.8. The summed E-state index contributed by atoms with van der Waals surface area (Å²) in [6, 6.07) is 16.4. The maximum Gasteiger partial charge on any atom is 0.418 e. The minimum Gasteiger partial charge on any atom is -0.497 e. The second-order valence-corrected chi connectivity index (χ2v) is 18.8. The number of aromatic nitrogens is 3. The number of carbonyl (C=O) groups excluding carboxylic acids is 1. The van der Waals surface area contributed by atoms with Gasteiger partial charge in [-0.3, -0.25) is 4.90 Å². The van der Waals surface area contributed by atoms with E-state index in [4.69, 9.17) is 30.5 Å². The van der Waals surface area contributed by atoms with E-state index >= 15 is 17.6 Å². The van der Waals surface area contributed by atoms with Crippen LogP contribution in [0.4, 0.5) is 38.4 Å². The van der Waals surface area contributed by atoms with Crippen molar-refractivity contribution in [3.8, 4) is 28.8 Å². The van der Waals surface area contributed by atoms with Gasteiger partial charge in [-0.1, -0.05) is 35.9 Å². The second kappa shape index (κ2) is 18.5. The predicted molar refractivity (Wildman–Crippen MR) is 242 cm³/mol. The van der Waals surface area contributed by atoms with Gasteiger partial charge in [-0.25, -0.2) is 18.6 Å². The number of rotatable bonds is 14. The Labute approximate surface area is 385 Å². The van der Waals surface area contributed by atoms with Gasteiger partial charge >= 0.3 is 18.3 Å². The van der Waals surface area contributed by atoms with Crippen LogP contribution in [0.5, 0.6) is 17.5 Å². The van der Waals surface area contributed by atoms with Crippen molar-refractivity contribution in [3.05, 3.63) is 93.8 Å². The Bertz CT molecular complexity index is 2520. The number of pyridine rings is 1. The molecule has 2 N–H and O–H groups in total. The Morgan fingerprint density at radius 1 is 0.939 bits per heavy atom. The molecule has 5 aromatic rings. The summed E-state index contributed by atoms with van der Waals surface area (Å²) in [6.07, 6.45) is -3.87. The van der Waals surface area contributed by atoms with Crippen molar-refractivity contribution in [3.63, 3.8) is 0 Å². The third-order valence-corrected chi connectivity index (χ3v) is 12.7. The molecule has 2 atom stereocenters. The molecule has 0 unspecified atom stereocenters. The van der Waals surface area contributed by atoms with Gasteiger partial charge in [0, 0.05) is 43.5 Å². The number of aryl methyl sites for hydroxylation is 1. The Morgan fingerprint density at radius 2 is 1.58 bits per heavy atom. The molecule has 18 heteroatoms. The molecule has 1 amide bonds. The Kier molecular flexibility index (Phi) is 13.2. The number of alkyl halides is 4. The van der Waals surface area contributed by atoms with Gasteiger partial charge in [-0.05, 0) is 113 Å². The minimum absolute atomic E-state index is 0.0188. The molecule has 8 rings (SSSR count). The van der Waals surface area contributed by atoms with E-state index in [0.29, 0.717) is 37.3 Å². The summed E-state index contributed by atoms with van der Waals surface area (Å²) in [5.41, 5.74) is -2.72. The first-order valence-electron chi connectivity index (χ1n) is 21.9. The zero-order chi connectivity index (χ0) is 47.1. The number of alkyl carbamates (subject to hydrolysis) is 1. The number of carbonyl (C=O) groups is 1. The molecule has 66 heavy (non-hydrogen) atoms. The SMILES string of the molecule is COc1ccc(CN(Cc2ccc(OC)cc2)c2cc(C)c(C(F)(F)F)c(-c3c(Cl)cc4c(NC5CC(NC(=O)OC(C)(C)C)C5)nc(OC[C@]56CCCN5C[C@H](F)C6)nc4c3F)n2)cc1. The highest BCUT2D eigenvalue weighted by Crippen LogP contribution is 2.46. The van der Waals surface area contributed by atoms with Crippen LogP contribution in [0, 0.1) is 12.7 Å². The highest BCUT2D eigenvalue weighted by Gasteiger charge is 2.49. The number of halogens is 6. The van der Waals surface area contributed by atoms with E-state index in [9.17, 15) is 9.18 Å². The monoisotopic (exact) mass is 937 g/mol. The number of methoxy groups -OCH3 is 2. The van der Waals surface area contributed by atoms with Crippen molar-refractivity contribution in [2.45, 2.75) is 108 Å². The lowest BCUT2D eigenvalue weighted by atomic mass is 9.87. The summed E-state index contributed by atoms with van der Waals surface area (Å²) in [6.45, 7) is 8.02. The van der Waals surface area contributed by atoms with Gasteiger partial charge < -0.3 is 34.5 Å². The van der Waals surface area contributed by atoms with E-state index in [1.54, 1.807) is 64.2 Å². The lowest BCUT2D eigenvalue weighted by Crippen LogP contribution is -2.50. The third-order valence-electron chi connectivity index (χ3n) is 12.4. The number of hydrogen-bond acceptors (Lipinski definition) is 11. The maximum absolute atomic E-state index is 17.6. The maximum atomic E-state index is 17.6. The molecule has 2 saturated heterocycles. The van der Waals surface area contributed by atoms with Gasteiger partial charge in [0.1, 0.15) is 47.0 Å². The lowest BCUT2D eigenvalue weighted by Gasteiger charge is -2.37. The van der Waals surface area contributed by atoms with Crippen molar-refractivity contribution in [1.82, 2.24) is 25.2 Å². The molecule has 1 aliphatic carbocycles. The molecule has 1 saturated carbocycles. The summed E-state index contributed by atoms with van der Waals surface area (Å²) in [7, 11) is 3.10. The fourth-order valence-corrected chi connectivity index (χ4v) is 9.49. The van der Waals surface area contributed by atoms with E-state index in [0.717, 1.165) is 17.5 Å². The van der Waals surface area contributed by atoms with Crippen LogP contribution >= 0.6 is 11.6 Å². The Hall–Kier alpha value is -5.68. The number of amides is 1. The van der Waals surface area contributed by atoms with Crippen LogP contribution in [-0.4, -0.2) is 89.3 Å². The van der Waals surface area contributed by atoms with Crippen LogP contribution in [-0.2, 0) is 24.0 Å². The van der Waals surface area contributed by atoms with Crippen LogP contribution in [0.2, 0.25) is 5.02 Å². The minimum atomic E-state index is -4.98. The largest absolute Gasteiger partial charge is 0.497 e. The molecule has 4 heterocycles. The van der Waals surface area contributed by atoms with Crippen molar-refractivity contribution < 1.29 is 45.7 Å². The molecule has 352 valence electrons. The molecule has 2 aromatic heterocycles. The number of anilines is 2. The molecule has 12 nitrogen and oxygen atoms in total. The molecular formula is C48H53ClF5N7O5. The van der Waals surface area contributed by atoms with E-state index < -0.39 is 52.2 Å². The molecule has 3 aliphatic rings. The molecule has 0 radical (unpaired) electrons. The van der Waals surface area contributed by atoms with Gasteiger partial charge in [0.15, 0.2) is 5.82 Å². The molecule has 3 fully saturated rings. The number of nitrogens with one attached hydrogen (secondary N) is 2. The normalized spacial score (nSPS) is 20.7. The molecule has 0 spiro atoms. The average molecular weight is 938 g/mol. The highest BCUT2D eigenvalue weighted by molar-refractivity contribution is 6.34. The number of ether oxygens (including phenoxy) is 4. The average Bonchev–Trinajstić information content (AvgIpc) is 3.77. The van der Waals surface area contributed by atoms with Crippen LogP contribution in [0.1, 0.15) is 75.1 Å². The van der Waals surface area contributed by atoms with Crippen molar-refractivity contribution in [1.29, 1.82) is 0 Å². The first-order valence-corrected chi connectivity index (χ1v) is 22.3. The zero-order valence-corrected chi connectivity index (χ0v) is 38.4. The van der Waals surface area contributed by atoms with Crippen LogP contribution < -0.4 is 29.7 Å². The van der Waals surface area contributed by atoms with E-state index in [1.165, 1.54) is 19.1 Å². The smallest absolute Gasteiger partial charge is 0.418 e. The van der Waals surface area contributed by atoms with Crippen LogP contribution in [0.15, 0.2) is 60.7 Å². The van der Waals surface area contributed by atoms with Gasteiger partial charge in [0.2, 0.25) is 0 Å². The summed E-state index contributed by atoms with van der Waals surface area (Å²) in [5, 5.41) is 5.87. The summed E-state index contributed by atoms with van der Waals surface area (Å²) in [4.78, 5) is 30.0. The standard InChI is InChI=1S/C48H53ClF5N7O5/c1-27-18-37(60(23-28-8-12-33(63-5)13-9-28)24-29-10-14-34(64-6)15-11-29)57-42(39(27)48(52,53)54)38-36(49)21-35-41(40(38)51)58-44(65-26-47-16-7-17-61(47)25-30(50)22-47)59-43(35)55-31-19-32(20-31)56-45(62)66-46(2,3)4/h8-15,18,21,30-32H,7,16-17,19-20,22-26H2,1-6H3,(H,56,62)(H,55,58,59)/t30-,31?,32?,47-/m1/s1. The first-order chi connectivity index (χ1) is 31.3. The van der Waals surface area contributed by atoms with Crippen molar-refractivity contribution in [2.24, 2.45) is 0 Å². The van der Waals surface area contributed by atoms with Crippen LogP contribution in [0.3, 0.4) is 0 Å². The summed E-state index contributed by atoms with van der Waals surface area (Å²) in [5.74, 6) is 0.347. The van der Waals surface area contributed by atoms with Crippen molar-refractivity contribution >= 4 is 40.2 Å². The highest BCUT2D eigenvalue weighted by atomic mass is 35.5. The van der Waals surface area contributed by atoms with Gasteiger partial charge in [-0.15, -0.1) is 0 Å².